The lowest BCUT2D eigenvalue weighted by atomic mass is 9.99. The summed E-state index contributed by atoms with van der Waals surface area (Å²) in [6.07, 6.45) is 1.96. The van der Waals surface area contributed by atoms with Gasteiger partial charge in [0.25, 0.3) is 5.91 Å². The van der Waals surface area contributed by atoms with Crippen LogP contribution >= 0.6 is 11.9 Å². The van der Waals surface area contributed by atoms with Gasteiger partial charge in [0.05, 0.1) is 6.04 Å². The summed E-state index contributed by atoms with van der Waals surface area (Å²) >= 11 is 1.51. The van der Waals surface area contributed by atoms with E-state index in [4.69, 9.17) is 0 Å². The fourth-order valence-corrected chi connectivity index (χ4v) is 3.39. The van der Waals surface area contributed by atoms with Gasteiger partial charge in [-0.05, 0) is 47.9 Å². The highest BCUT2D eigenvalue weighted by molar-refractivity contribution is 7.99. The van der Waals surface area contributed by atoms with Gasteiger partial charge in [0.2, 0.25) is 0 Å². The topological polar surface area (TPSA) is 41.1 Å². The predicted octanol–water partition coefficient (Wildman–Crippen LogP) is 5.33. The van der Waals surface area contributed by atoms with Crippen LogP contribution < -0.4 is 10.0 Å². The standard InChI is InChI=1S/C21H22N2OS/c1-14-11-12-17(23-25-3)13-20(14)21(24)22-15(2)18-10-6-8-16-7-4-5-9-19(16)18/h4-13,15,23H,1-3H3,(H,22,24). The first-order valence-corrected chi connectivity index (χ1v) is 9.51. The molecule has 1 unspecified atom stereocenters. The monoisotopic (exact) mass is 350 g/mol. The molecule has 3 aromatic rings. The summed E-state index contributed by atoms with van der Waals surface area (Å²) in [6.45, 7) is 3.99. The minimum absolute atomic E-state index is 0.0531. The molecule has 0 radical (unpaired) electrons. The number of hydrogen-bond donors (Lipinski definition) is 2. The summed E-state index contributed by atoms with van der Waals surface area (Å²) in [5.41, 5.74) is 3.73. The maximum absolute atomic E-state index is 12.8. The quantitative estimate of drug-likeness (QED) is 0.611. The highest BCUT2D eigenvalue weighted by atomic mass is 32.2. The zero-order chi connectivity index (χ0) is 17.8. The van der Waals surface area contributed by atoms with Gasteiger partial charge >= 0.3 is 0 Å². The Kier molecular flexibility index (Phi) is 5.29. The minimum Gasteiger partial charge on any atom is -0.345 e. The largest absolute Gasteiger partial charge is 0.345 e. The Labute approximate surface area is 153 Å². The van der Waals surface area contributed by atoms with Crippen LogP contribution in [0.4, 0.5) is 5.69 Å². The molecule has 0 saturated carbocycles. The lowest BCUT2D eigenvalue weighted by Gasteiger charge is -2.18. The number of rotatable bonds is 5. The van der Waals surface area contributed by atoms with E-state index in [0.29, 0.717) is 5.56 Å². The van der Waals surface area contributed by atoms with E-state index in [-0.39, 0.29) is 11.9 Å². The Morgan fingerprint density at radius 3 is 2.60 bits per heavy atom. The Bertz CT molecular complexity index is 902. The first-order chi connectivity index (χ1) is 12.1. The predicted molar refractivity (Wildman–Crippen MR) is 108 cm³/mol. The molecule has 1 atom stereocenters. The molecule has 0 aliphatic carbocycles. The molecular formula is C21H22N2OS. The van der Waals surface area contributed by atoms with Crippen LogP contribution in [-0.4, -0.2) is 12.2 Å². The Hall–Kier alpha value is -2.46. The van der Waals surface area contributed by atoms with Crippen molar-refractivity contribution in [3.8, 4) is 0 Å². The van der Waals surface area contributed by atoms with Gasteiger partial charge in [-0.3, -0.25) is 4.79 Å². The molecule has 1 amide bonds. The SMILES string of the molecule is CSNc1ccc(C)c(C(=O)NC(C)c2cccc3ccccc23)c1. The van der Waals surface area contributed by atoms with E-state index in [1.54, 1.807) is 0 Å². The van der Waals surface area contributed by atoms with Crippen molar-refractivity contribution in [1.82, 2.24) is 5.32 Å². The molecular weight excluding hydrogens is 328 g/mol. The maximum atomic E-state index is 12.8. The Balaban J connectivity index is 1.86. The van der Waals surface area contributed by atoms with Crippen molar-refractivity contribution in [2.75, 3.05) is 11.0 Å². The third-order valence-electron chi connectivity index (χ3n) is 4.34. The lowest BCUT2D eigenvalue weighted by molar-refractivity contribution is 0.0939. The van der Waals surface area contributed by atoms with E-state index >= 15 is 0 Å². The van der Waals surface area contributed by atoms with Gasteiger partial charge < -0.3 is 10.0 Å². The van der Waals surface area contributed by atoms with Gasteiger partial charge in [0.15, 0.2) is 0 Å². The van der Waals surface area contributed by atoms with Gasteiger partial charge in [-0.25, -0.2) is 0 Å². The van der Waals surface area contributed by atoms with Crippen LogP contribution in [0.1, 0.15) is 34.5 Å². The lowest BCUT2D eigenvalue weighted by Crippen LogP contribution is -2.27. The number of fused-ring (bicyclic) bond motifs is 1. The summed E-state index contributed by atoms with van der Waals surface area (Å²) in [4.78, 5) is 12.8. The van der Waals surface area contributed by atoms with Crippen molar-refractivity contribution in [2.45, 2.75) is 19.9 Å². The zero-order valence-corrected chi connectivity index (χ0v) is 15.5. The number of hydrogen-bond acceptors (Lipinski definition) is 3. The number of benzene rings is 3. The minimum atomic E-state index is -0.0739. The summed E-state index contributed by atoms with van der Waals surface area (Å²) < 4.78 is 3.18. The number of anilines is 1. The van der Waals surface area contributed by atoms with Crippen molar-refractivity contribution in [1.29, 1.82) is 0 Å². The zero-order valence-electron chi connectivity index (χ0n) is 14.7. The summed E-state index contributed by atoms with van der Waals surface area (Å²) in [5.74, 6) is -0.0531. The van der Waals surface area contributed by atoms with E-state index in [1.807, 2.05) is 56.5 Å². The molecule has 3 rings (SSSR count). The molecule has 3 aromatic carbocycles. The highest BCUT2D eigenvalue weighted by Gasteiger charge is 2.15. The summed E-state index contributed by atoms with van der Waals surface area (Å²) in [6, 6.07) is 20.2. The van der Waals surface area contributed by atoms with Crippen molar-refractivity contribution in [3.05, 3.63) is 77.4 Å². The second kappa shape index (κ2) is 7.62. The number of carbonyl (C=O) groups is 1. The van der Waals surface area contributed by atoms with Crippen LogP contribution in [0, 0.1) is 6.92 Å². The fourth-order valence-electron chi connectivity index (χ4n) is 3.03. The first kappa shape index (κ1) is 17.4. The molecule has 0 saturated heterocycles. The van der Waals surface area contributed by atoms with E-state index in [9.17, 15) is 4.79 Å². The number of nitrogens with one attached hydrogen (secondary N) is 2. The highest BCUT2D eigenvalue weighted by Crippen LogP contribution is 2.25. The van der Waals surface area contributed by atoms with Gasteiger partial charge in [-0.1, -0.05) is 60.5 Å². The first-order valence-electron chi connectivity index (χ1n) is 8.28. The van der Waals surface area contributed by atoms with E-state index in [0.717, 1.165) is 16.8 Å². The molecule has 128 valence electrons. The van der Waals surface area contributed by atoms with Crippen molar-refractivity contribution in [3.63, 3.8) is 0 Å². The Morgan fingerprint density at radius 1 is 1.04 bits per heavy atom. The van der Waals surface area contributed by atoms with Crippen LogP contribution in [0.3, 0.4) is 0 Å². The van der Waals surface area contributed by atoms with Crippen LogP contribution in [-0.2, 0) is 0 Å². The normalized spacial score (nSPS) is 12.0. The molecule has 0 spiro atoms. The molecule has 25 heavy (non-hydrogen) atoms. The third kappa shape index (κ3) is 3.80. The third-order valence-corrected chi connectivity index (χ3v) is 4.78. The summed E-state index contributed by atoms with van der Waals surface area (Å²) in [5, 5.41) is 5.50. The molecule has 3 nitrogen and oxygen atoms in total. The maximum Gasteiger partial charge on any atom is 0.252 e. The molecule has 0 fully saturated rings. The van der Waals surface area contributed by atoms with Crippen molar-refractivity contribution >= 4 is 34.3 Å². The molecule has 0 aromatic heterocycles. The van der Waals surface area contributed by atoms with Crippen LogP contribution in [0.5, 0.6) is 0 Å². The average Bonchev–Trinajstić information content (AvgIpc) is 2.63. The molecule has 0 aliphatic rings. The van der Waals surface area contributed by atoms with Crippen LogP contribution in [0.2, 0.25) is 0 Å². The van der Waals surface area contributed by atoms with Crippen LogP contribution in [0.25, 0.3) is 10.8 Å². The van der Waals surface area contributed by atoms with E-state index < -0.39 is 0 Å². The number of amides is 1. The Morgan fingerprint density at radius 2 is 1.80 bits per heavy atom. The van der Waals surface area contributed by atoms with E-state index in [1.165, 1.54) is 22.7 Å². The van der Waals surface area contributed by atoms with Crippen LogP contribution in [0.15, 0.2) is 60.7 Å². The molecule has 4 heteroatoms. The number of aryl methyl sites for hydroxylation is 1. The fraction of sp³-hybridized carbons (Fsp3) is 0.190. The van der Waals surface area contributed by atoms with E-state index in [2.05, 4.69) is 34.3 Å². The smallest absolute Gasteiger partial charge is 0.252 e. The van der Waals surface area contributed by atoms with Gasteiger partial charge in [-0.2, -0.15) is 0 Å². The molecule has 0 bridgehead atoms. The molecule has 0 heterocycles. The molecule has 2 N–H and O–H groups in total. The van der Waals surface area contributed by atoms with Gasteiger partial charge in [0.1, 0.15) is 0 Å². The second-order valence-corrected chi connectivity index (χ2v) is 6.71. The summed E-state index contributed by atoms with van der Waals surface area (Å²) in [7, 11) is 0. The number of carbonyl (C=O) groups excluding carboxylic acids is 1. The van der Waals surface area contributed by atoms with Gasteiger partial charge in [0, 0.05) is 17.5 Å². The van der Waals surface area contributed by atoms with Gasteiger partial charge in [-0.15, -0.1) is 0 Å². The van der Waals surface area contributed by atoms with Crippen molar-refractivity contribution < 1.29 is 4.79 Å². The van der Waals surface area contributed by atoms with Crippen molar-refractivity contribution in [2.24, 2.45) is 0 Å². The molecule has 0 aliphatic heterocycles. The second-order valence-electron chi connectivity index (χ2n) is 6.10. The average molecular weight is 350 g/mol.